The molecule has 1 aromatic heterocycles. The molecule has 0 radical (unpaired) electrons. The van der Waals surface area contributed by atoms with Crippen LogP contribution < -0.4 is 4.90 Å². The van der Waals surface area contributed by atoms with E-state index in [0.29, 0.717) is 19.0 Å². The summed E-state index contributed by atoms with van der Waals surface area (Å²) in [5, 5.41) is 2.78. The molecule has 0 unspecified atom stereocenters. The molecule has 0 saturated carbocycles. The third-order valence-corrected chi connectivity index (χ3v) is 5.12. The lowest BCUT2D eigenvalue weighted by molar-refractivity contribution is 0.586. The molecular formula is C8H11ClN2O2S2. The molecule has 1 saturated heterocycles. The molecular weight excluding hydrogens is 256 g/mol. The molecule has 4 nitrogen and oxygen atoms in total. The highest BCUT2D eigenvalue weighted by atomic mass is 35.5. The van der Waals surface area contributed by atoms with E-state index in [9.17, 15) is 8.42 Å². The average Bonchev–Trinajstić information content (AvgIpc) is 2.66. The smallest absolute Gasteiger partial charge is 0.185 e. The van der Waals surface area contributed by atoms with Crippen molar-refractivity contribution < 1.29 is 8.42 Å². The van der Waals surface area contributed by atoms with Crippen LogP contribution >= 0.6 is 22.9 Å². The lowest BCUT2D eigenvalue weighted by Gasteiger charge is -2.25. The molecule has 1 aliphatic rings. The number of anilines is 1. The number of hydrogen-bond donors (Lipinski definition) is 0. The Morgan fingerprint density at radius 3 is 2.67 bits per heavy atom. The van der Waals surface area contributed by atoms with Gasteiger partial charge in [-0.15, -0.1) is 22.9 Å². The molecule has 15 heavy (non-hydrogen) atoms. The Kier molecular flexibility index (Phi) is 3.18. The second-order valence-electron chi connectivity index (χ2n) is 3.39. The van der Waals surface area contributed by atoms with Crippen LogP contribution in [-0.4, -0.2) is 38.0 Å². The van der Waals surface area contributed by atoms with Crippen molar-refractivity contribution in [2.75, 3.05) is 29.5 Å². The zero-order chi connectivity index (χ0) is 10.9. The largest absolute Gasteiger partial charge is 0.346 e. The van der Waals surface area contributed by atoms with Crippen molar-refractivity contribution in [1.29, 1.82) is 0 Å². The van der Waals surface area contributed by atoms with Crippen LogP contribution in [0.5, 0.6) is 0 Å². The molecule has 0 atom stereocenters. The van der Waals surface area contributed by atoms with Crippen molar-refractivity contribution in [2.45, 2.75) is 5.88 Å². The summed E-state index contributed by atoms with van der Waals surface area (Å²) in [6.07, 6.45) is 0. The summed E-state index contributed by atoms with van der Waals surface area (Å²) >= 11 is 7.17. The average molecular weight is 267 g/mol. The summed E-state index contributed by atoms with van der Waals surface area (Å²) < 4.78 is 22.4. The van der Waals surface area contributed by atoms with Gasteiger partial charge in [0, 0.05) is 18.5 Å². The molecule has 1 aliphatic heterocycles. The van der Waals surface area contributed by atoms with E-state index >= 15 is 0 Å². The van der Waals surface area contributed by atoms with Gasteiger partial charge in [-0.05, 0) is 0 Å². The Bertz CT molecular complexity index is 429. The maximum atomic E-state index is 11.2. The second-order valence-corrected chi connectivity index (χ2v) is 6.80. The number of hydrogen-bond acceptors (Lipinski definition) is 5. The number of rotatable bonds is 2. The van der Waals surface area contributed by atoms with Gasteiger partial charge in [0.15, 0.2) is 15.0 Å². The predicted molar refractivity (Wildman–Crippen MR) is 62.5 cm³/mol. The summed E-state index contributed by atoms with van der Waals surface area (Å²) in [5.41, 5.74) is 0.852. The first kappa shape index (κ1) is 11.2. The summed E-state index contributed by atoms with van der Waals surface area (Å²) in [4.78, 5) is 6.32. The van der Waals surface area contributed by atoms with Crippen molar-refractivity contribution in [2.24, 2.45) is 0 Å². The number of sulfone groups is 1. The van der Waals surface area contributed by atoms with Crippen molar-refractivity contribution in [1.82, 2.24) is 4.98 Å². The van der Waals surface area contributed by atoms with Gasteiger partial charge in [0.1, 0.15) is 0 Å². The first-order chi connectivity index (χ1) is 7.11. The summed E-state index contributed by atoms with van der Waals surface area (Å²) in [5.74, 6) is 0.855. The Morgan fingerprint density at radius 1 is 1.47 bits per heavy atom. The number of alkyl halides is 1. The normalized spacial score (nSPS) is 20.5. The fraction of sp³-hybridized carbons (Fsp3) is 0.625. The van der Waals surface area contributed by atoms with Gasteiger partial charge in [0.2, 0.25) is 0 Å². The fourth-order valence-corrected chi connectivity index (χ4v) is 3.72. The summed E-state index contributed by atoms with van der Waals surface area (Å²) in [6.45, 7) is 1.08. The third-order valence-electron chi connectivity index (χ3n) is 2.29. The molecule has 0 N–H and O–H groups in total. The molecule has 2 heterocycles. The van der Waals surface area contributed by atoms with Crippen LogP contribution in [0, 0.1) is 0 Å². The van der Waals surface area contributed by atoms with Gasteiger partial charge in [0.05, 0.1) is 23.1 Å². The van der Waals surface area contributed by atoms with Crippen LogP contribution in [0.25, 0.3) is 0 Å². The number of aromatic nitrogens is 1. The molecule has 1 fully saturated rings. The van der Waals surface area contributed by atoms with Crippen LogP contribution in [0.3, 0.4) is 0 Å². The highest BCUT2D eigenvalue weighted by molar-refractivity contribution is 7.91. The minimum atomic E-state index is -2.81. The highest BCUT2D eigenvalue weighted by Crippen LogP contribution is 2.22. The Hall–Kier alpha value is -0.330. The highest BCUT2D eigenvalue weighted by Gasteiger charge is 2.23. The number of thiazole rings is 1. The van der Waals surface area contributed by atoms with Crippen LogP contribution in [0.15, 0.2) is 5.38 Å². The first-order valence-corrected chi connectivity index (χ1v) is 7.80. The quantitative estimate of drug-likeness (QED) is 0.753. The van der Waals surface area contributed by atoms with Crippen LogP contribution in [-0.2, 0) is 15.7 Å². The van der Waals surface area contributed by atoms with E-state index in [1.807, 2.05) is 10.3 Å². The Labute approximate surface area is 97.8 Å². The summed E-state index contributed by atoms with van der Waals surface area (Å²) in [7, 11) is -2.81. The van der Waals surface area contributed by atoms with Gasteiger partial charge in [0.25, 0.3) is 0 Å². The molecule has 0 spiro atoms. The first-order valence-electron chi connectivity index (χ1n) is 4.56. The molecule has 0 bridgehead atoms. The minimum Gasteiger partial charge on any atom is -0.346 e. The van der Waals surface area contributed by atoms with E-state index in [1.54, 1.807) is 0 Å². The van der Waals surface area contributed by atoms with Crippen molar-refractivity contribution >= 4 is 37.9 Å². The minimum absolute atomic E-state index is 0.225. The fourth-order valence-electron chi connectivity index (χ4n) is 1.41. The second kappa shape index (κ2) is 4.27. The molecule has 0 aliphatic carbocycles. The van der Waals surface area contributed by atoms with Gasteiger partial charge in [-0.25, -0.2) is 13.4 Å². The topological polar surface area (TPSA) is 50.3 Å². The van der Waals surface area contributed by atoms with Crippen LogP contribution in [0.1, 0.15) is 5.69 Å². The van der Waals surface area contributed by atoms with Crippen molar-refractivity contribution in [3.8, 4) is 0 Å². The Morgan fingerprint density at radius 2 is 2.13 bits per heavy atom. The van der Waals surface area contributed by atoms with Gasteiger partial charge in [-0.3, -0.25) is 0 Å². The van der Waals surface area contributed by atoms with Crippen molar-refractivity contribution in [3.63, 3.8) is 0 Å². The van der Waals surface area contributed by atoms with E-state index in [2.05, 4.69) is 4.98 Å². The number of halogens is 1. The predicted octanol–water partition coefficient (Wildman–Crippen LogP) is 1.12. The van der Waals surface area contributed by atoms with Crippen molar-refractivity contribution in [3.05, 3.63) is 11.1 Å². The van der Waals surface area contributed by atoms with E-state index in [4.69, 9.17) is 11.6 Å². The summed E-state index contributed by atoms with van der Waals surface area (Å²) in [6, 6.07) is 0. The lowest BCUT2D eigenvalue weighted by atomic mass is 10.5. The lowest BCUT2D eigenvalue weighted by Crippen LogP contribution is -2.40. The van der Waals surface area contributed by atoms with Crippen LogP contribution in [0.2, 0.25) is 0 Å². The monoisotopic (exact) mass is 266 g/mol. The molecule has 7 heteroatoms. The van der Waals surface area contributed by atoms with Gasteiger partial charge >= 0.3 is 0 Å². The zero-order valence-corrected chi connectivity index (χ0v) is 10.4. The maximum Gasteiger partial charge on any atom is 0.185 e. The van der Waals surface area contributed by atoms with Crippen LogP contribution in [0.4, 0.5) is 5.13 Å². The van der Waals surface area contributed by atoms with Gasteiger partial charge < -0.3 is 4.90 Å². The van der Waals surface area contributed by atoms with Gasteiger partial charge in [-0.2, -0.15) is 0 Å². The zero-order valence-electron chi connectivity index (χ0n) is 8.02. The van der Waals surface area contributed by atoms with E-state index in [-0.39, 0.29) is 11.5 Å². The molecule has 84 valence electrons. The molecule has 1 aromatic rings. The molecule has 0 aromatic carbocycles. The third kappa shape index (κ3) is 2.62. The Balaban J connectivity index is 2.07. The molecule has 0 amide bonds. The maximum absolute atomic E-state index is 11.2. The molecule has 2 rings (SSSR count). The van der Waals surface area contributed by atoms with E-state index in [1.165, 1.54) is 11.3 Å². The number of nitrogens with zero attached hydrogens (tertiary/aromatic N) is 2. The standard InChI is InChI=1S/C8H11ClN2O2S2/c9-5-7-6-14-8(10-7)11-1-3-15(12,13)4-2-11/h6H,1-5H2. The van der Waals surface area contributed by atoms with Gasteiger partial charge in [-0.1, -0.05) is 0 Å². The van der Waals surface area contributed by atoms with E-state index in [0.717, 1.165) is 10.8 Å². The van der Waals surface area contributed by atoms with E-state index < -0.39 is 9.84 Å². The SMILES string of the molecule is O=S1(=O)CCN(c2nc(CCl)cs2)CC1.